The molecule has 0 radical (unpaired) electrons. The summed E-state index contributed by atoms with van der Waals surface area (Å²) in [4.78, 5) is 11.1. The summed E-state index contributed by atoms with van der Waals surface area (Å²) in [6.07, 6.45) is 1.08. The Bertz CT molecular complexity index is 345. The van der Waals surface area contributed by atoms with Gasteiger partial charge in [0.15, 0.2) is 0 Å². The van der Waals surface area contributed by atoms with Gasteiger partial charge < -0.3 is 4.74 Å². The predicted octanol–water partition coefficient (Wildman–Crippen LogP) is 2.74. The van der Waals surface area contributed by atoms with Crippen LogP contribution in [-0.4, -0.2) is 12.1 Å². The molecule has 0 spiro atoms. The van der Waals surface area contributed by atoms with Crippen LogP contribution in [0, 0.1) is 5.92 Å². The smallest absolute Gasteiger partial charge is 0.312 e. The van der Waals surface area contributed by atoms with Gasteiger partial charge in [-0.1, -0.05) is 37.3 Å². The van der Waals surface area contributed by atoms with E-state index in [1.165, 1.54) is 5.56 Å². The quantitative estimate of drug-likeness (QED) is 0.708. The molecular formula is C13H16O2. The molecule has 2 rings (SSSR count). The highest BCUT2D eigenvalue weighted by Crippen LogP contribution is 2.36. The molecule has 0 saturated carbocycles. The number of hydrogen-bond donors (Lipinski definition) is 0. The lowest BCUT2D eigenvalue weighted by molar-refractivity contribution is -0.185. The topological polar surface area (TPSA) is 26.3 Å². The first-order valence-corrected chi connectivity index (χ1v) is 5.49. The van der Waals surface area contributed by atoms with Gasteiger partial charge in [-0.2, -0.15) is 0 Å². The standard InChI is InChI=1S/C13H16O2/c1-3-11(10-7-5-4-6-8-10)12-9(2)13(14)15-12/h4-9,11-12H,3H2,1-2H3/t9-,11+,12-/m0/s1. The minimum Gasteiger partial charge on any atom is -0.461 e. The molecule has 1 fully saturated rings. The Morgan fingerprint density at radius 1 is 1.33 bits per heavy atom. The van der Waals surface area contributed by atoms with Crippen molar-refractivity contribution in [2.75, 3.05) is 0 Å². The van der Waals surface area contributed by atoms with Crippen LogP contribution < -0.4 is 0 Å². The summed E-state index contributed by atoms with van der Waals surface area (Å²) in [5.41, 5.74) is 1.27. The van der Waals surface area contributed by atoms with Gasteiger partial charge in [-0.05, 0) is 18.9 Å². The van der Waals surface area contributed by atoms with E-state index in [0.717, 1.165) is 6.42 Å². The van der Waals surface area contributed by atoms with E-state index in [1.807, 2.05) is 25.1 Å². The lowest BCUT2D eigenvalue weighted by Crippen LogP contribution is -2.46. The second-order valence-electron chi connectivity index (χ2n) is 4.12. The Kier molecular flexibility index (Phi) is 2.76. The molecule has 0 unspecified atom stereocenters. The van der Waals surface area contributed by atoms with Gasteiger partial charge in [0.2, 0.25) is 0 Å². The SMILES string of the molecule is CC[C@H](c1ccccc1)[C@H]1OC(=O)[C@H]1C. The lowest BCUT2D eigenvalue weighted by atomic mass is 9.81. The highest BCUT2D eigenvalue weighted by molar-refractivity contribution is 5.78. The molecule has 2 heteroatoms. The van der Waals surface area contributed by atoms with Crippen LogP contribution in [0.1, 0.15) is 31.7 Å². The summed E-state index contributed by atoms with van der Waals surface area (Å²) in [5.74, 6) is 0.337. The van der Waals surface area contributed by atoms with Crippen LogP contribution in [0.4, 0.5) is 0 Å². The van der Waals surface area contributed by atoms with Crippen molar-refractivity contribution < 1.29 is 9.53 Å². The molecule has 0 N–H and O–H groups in total. The van der Waals surface area contributed by atoms with Crippen molar-refractivity contribution >= 4 is 5.97 Å². The van der Waals surface area contributed by atoms with E-state index in [2.05, 4.69) is 19.1 Å². The van der Waals surface area contributed by atoms with Gasteiger partial charge in [-0.15, -0.1) is 0 Å². The number of benzene rings is 1. The molecule has 1 saturated heterocycles. The van der Waals surface area contributed by atoms with Crippen LogP contribution in [0.5, 0.6) is 0 Å². The molecule has 15 heavy (non-hydrogen) atoms. The highest BCUT2D eigenvalue weighted by Gasteiger charge is 2.43. The number of carbonyl (C=O) groups is 1. The van der Waals surface area contributed by atoms with Crippen molar-refractivity contribution in [3.8, 4) is 0 Å². The molecule has 1 aliphatic heterocycles. The minimum absolute atomic E-state index is 0.0511. The fourth-order valence-corrected chi connectivity index (χ4v) is 2.19. The maximum absolute atomic E-state index is 11.1. The van der Waals surface area contributed by atoms with Crippen LogP contribution in [0.15, 0.2) is 30.3 Å². The summed E-state index contributed by atoms with van der Waals surface area (Å²) >= 11 is 0. The van der Waals surface area contributed by atoms with Crippen LogP contribution in [0.3, 0.4) is 0 Å². The van der Waals surface area contributed by atoms with Crippen LogP contribution >= 0.6 is 0 Å². The molecular weight excluding hydrogens is 188 g/mol. The molecule has 0 aromatic heterocycles. The average Bonchev–Trinajstić information content (AvgIpc) is 2.30. The van der Waals surface area contributed by atoms with E-state index >= 15 is 0 Å². The summed E-state index contributed by atoms with van der Waals surface area (Å²) < 4.78 is 5.22. The summed E-state index contributed by atoms with van der Waals surface area (Å²) in [5, 5.41) is 0. The Hall–Kier alpha value is -1.31. The number of rotatable bonds is 3. The molecule has 3 atom stereocenters. The van der Waals surface area contributed by atoms with E-state index in [9.17, 15) is 4.79 Å². The maximum atomic E-state index is 11.1. The second-order valence-corrected chi connectivity index (χ2v) is 4.12. The van der Waals surface area contributed by atoms with Crippen LogP contribution in [-0.2, 0) is 9.53 Å². The van der Waals surface area contributed by atoms with Gasteiger partial charge in [0.1, 0.15) is 6.10 Å². The summed E-state index contributed by atoms with van der Waals surface area (Å²) in [7, 11) is 0. The van der Waals surface area contributed by atoms with E-state index in [4.69, 9.17) is 4.74 Å². The third-order valence-corrected chi connectivity index (χ3v) is 3.18. The zero-order valence-corrected chi connectivity index (χ0v) is 9.14. The van der Waals surface area contributed by atoms with Gasteiger partial charge in [0, 0.05) is 5.92 Å². The average molecular weight is 204 g/mol. The predicted molar refractivity (Wildman–Crippen MR) is 58.5 cm³/mol. The third-order valence-electron chi connectivity index (χ3n) is 3.18. The number of carbonyl (C=O) groups excluding carboxylic acids is 1. The lowest BCUT2D eigenvalue weighted by Gasteiger charge is -2.38. The summed E-state index contributed by atoms with van der Waals surface area (Å²) in [6.45, 7) is 4.08. The largest absolute Gasteiger partial charge is 0.461 e. The van der Waals surface area contributed by atoms with E-state index in [-0.39, 0.29) is 18.0 Å². The monoisotopic (exact) mass is 204 g/mol. The van der Waals surface area contributed by atoms with Crippen molar-refractivity contribution in [1.82, 2.24) is 0 Å². The molecule has 1 aromatic carbocycles. The van der Waals surface area contributed by atoms with Gasteiger partial charge >= 0.3 is 5.97 Å². The molecule has 80 valence electrons. The Morgan fingerprint density at radius 2 is 2.00 bits per heavy atom. The van der Waals surface area contributed by atoms with E-state index in [1.54, 1.807) is 0 Å². The first-order chi connectivity index (χ1) is 7.24. The molecule has 1 aliphatic rings. The van der Waals surface area contributed by atoms with Crippen LogP contribution in [0.25, 0.3) is 0 Å². The van der Waals surface area contributed by atoms with Crippen LogP contribution in [0.2, 0.25) is 0 Å². The number of cyclic esters (lactones) is 1. The Labute approximate surface area is 90.3 Å². The third kappa shape index (κ3) is 1.76. The minimum atomic E-state index is -0.0608. The summed E-state index contributed by atoms with van der Waals surface area (Å²) in [6, 6.07) is 10.3. The van der Waals surface area contributed by atoms with Crippen molar-refractivity contribution in [1.29, 1.82) is 0 Å². The van der Waals surface area contributed by atoms with E-state index < -0.39 is 0 Å². The fraction of sp³-hybridized carbons (Fsp3) is 0.462. The van der Waals surface area contributed by atoms with E-state index in [0.29, 0.717) is 5.92 Å². The van der Waals surface area contributed by atoms with Gasteiger partial charge in [0.25, 0.3) is 0 Å². The number of esters is 1. The highest BCUT2D eigenvalue weighted by atomic mass is 16.6. The number of ether oxygens (including phenoxy) is 1. The number of hydrogen-bond acceptors (Lipinski definition) is 2. The van der Waals surface area contributed by atoms with Crippen molar-refractivity contribution in [2.45, 2.75) is 32.3 Å². The zero-order valence-electron chi connectivity index (χ0n) is 9.14. The zero-order chi connectivity index (χ0) is 10.8. The molecule has 0 bridgehead atoms. The molecule has 0 amide bonds. The second kappa shape index (κ2) is 4.05. The normalized spacial score (nSPS) is 26.7. The van der Waals surface area contributed by atoms with Crippen molar-refractivity contribution in [3.05, 3.63) is 35.9 Å². The Balaban J connectivity index is 2.15. The first kappa shape index (κ1) is 10.2. The molecule has 1 aromatic rings. The molecule has 1 heterocycles. The Morgan fingerprint density at radius 3 is 2.47 bits per heavy atom. The fourth-order valence-electron chi connectivity index (χ4n) is 2.19. The molecule has 0 aliphatic carbocycles. The van der Waals surface area contributed by atoms with Gasteiger partial charge in [-0.3, -0.25) is 4.79 Å². The van der Waals surface area contributed by atoms with Gasteiger partial charge in [-0.25, -0.2) is 0 Å². The van der Waals surface area contributed by atoms with Gasteiger partial charge in [0.05, 0.1) is 5.92 Å². The maximum Gasteiger partial charge on any atom is 0.312 e. The molecule has 2 nitrogen and oxygen atoms in total. The van der Waals surface area contributed by atoms with Crippen molar-refractivity contribution in [2.24, 2.45) is 5.92 Å². The first-order valence-electron chi connectivity index (χ1n) is 5.49. The van der Waals surface area contributed by atoms with Crippen molar-refractivity contribution in [3.63, 3.8) is 0 Å².